The van der Waals surface area contributed by atoms with Crippen molar-refractivity contribution >= 4 is 28.9 Å². The minimum absolute atomic E-state index is 0.0877. The molecule has 0 aliphatic carbocycles. The Hall–Kier alpha value is -2.41. The number of phenolic OH excluding ortho intramolecular Hbond substituents is 1. The van der Waals surface area contributed by atoms with Crippen molar-refractivity contribution in [3.8, 4) is 5.75 Å². The number of hydrogen-bond donors (Lipinski definition) is 2. The number of phenols is 1. The molecule has 0 aliphatic heterocycles. The molecule has 0 atom stereocenters. The largest absolute Gasteiger partial charge is 0.506 e. The number of aromatic hydroxyl groups is 1. The molecule has 0 aromatic heterocycles. The molecule has 0 heterocycles. The van der Waals surface area contributed by atoms with E-state index in [4.69, 9.17) is 11.6 Å². The van der Waals surface area contributed by atoms with Crippen LogP contribution < -0.4 is 5.32 Å². The lowest BCUT2D eigenvalue weighted by Gasteiger charge is -2.13. The van der Waals surface area contributed by atoms with Gasteiger partial charge in [-0.15, -0.1) is 0 Å². The normalized spacial score (nSPS) is 11.2. The van der Waals surface area contributed by atoms with E-state index >= 15 is 0 Å². The maximum Gasteiger partial charge on any atom is 0.416 e. The Bertz CT molecular complexity index is 747. The second-order valence-corrected chi connectivity index (χ2v) is 4.95. The summed E-state index contributed by atoms with van der Waals surface area (Å²) in [7, 11) is 1.21. The zero-order valence-electron chi connectivity index (χ0n) is 11.7. The molecule has 0 saturated carbocycles. The summed E-state index contributed by atoms with van der Waals surface area (Å²) in [6.45, 7) is 0. The zero-order chi connectivity index (χ0) is 17.2. The summed E-state index contributed by atoms with van der Waals surface area (Å²) in [6, 6.07) is 6.56. The fraction of sp³-hybridized carbons (Fsp3) is 0.133. The van der Waals surface area contributed by atoms with E-state index in [1.165, 1.54) is 25.3 Å². The molecule has 0 radical (unpaired) electrons. The van der Waals surface area contributed by atoms with Gasteiger partial charge in [0.15, 0.2) is 0 Å². The van der Waals surface area contributed by atoms with Gasteiger partial charge >= 0.3 is 12.1 Å². The van der Waals surface area contributed by atoms with Gasteiger partial charge in [-0.3, -0.25) is 0 Å². The Morgan fingerprint density at radius 1 is 1.17 bits per heavy atom. The van der Waals surface area contributed by atoms with Crippen LogP contribution in [0.2, 0.25) is 5.02 Å². The van der Waals surface area contributed by atoms with Gasteiger partial charge in [0, 0.05) is 0 Å². The number of benzene rings is 2. The molecule has 0 amide bonds. The molecule has 0 fully saturated rings. The van der Waals surface area contributed by atoms with Crippen molar-refractivity contribution in [3.05, 3.63) is 52.5 Å². The number of carbonyl (C=O) groups excluding carboxylic acids is 1. The molecular formula is C15H11ClF3NO3. The van der Waals surface area contributed by atoms with Crippen LogP contribution in [0.5, 0.6) is 5.75 Å². The topological polar surface area (TPSA) is 58.6 Å². The van der Waals surface area contributed by atoms with Crippen LogP contribution in [0, 0.1) is 0 Å². The highest BCUT2D eigenvalue weighted by Crippen LogP contribution is 2.37. The number of hydrogen-bond acceptors (Lipinski definition) is 4. The fourth-order valence-electron chi connectivity index (χ4n) is 1.82. The Kier molecular flexibility index (Phi) is 4.70. The number of ether oxygens (including phenoxy) is 1. The third-order valence-corrected chi connectivity index (χ3v) is 3.30. The Morgan fingerprint density at radius 3 is 2.43 bits per heavy atom. The van der Waals surface area contributed by atoms with Crippen LogP contribution in [-0.2, 0) is 10.9 Å². The number of esters is 1. The number of nitrogens with one attached hydrogen (secondary N) is 1. The quantitative estimate of drug-likeness (QED) is 0.630. The summed E-state index contributed by atoms with van der Waals surface area (Å²) in [4.78, 5) is 11.4. The van der Waals surface area contributed by atoms with E-state index in [1.807, 2.05) is 0 Å². The maximum atomic E-state index is 12.7. The molecule has 0 bridgehead atoms. The molecule has 0 spiro atoms. The predicted molar refractivity (Wildman–Crippen MR) is 79.2 cm³/mol. The van der Waals surface area contributed by atoms with Crippen molar-refractivity contribution in [2.75, 3.05) is 12.4 Å². The molecule has 122 valence electrons. The summed E-state index contributed by atoms with van der Waals surface area (Å²) in [6.07, 6.45) is -4.54. The lowest BCUT2D eigenvalue weighted by atomic mass is 10.1. The minimum Gasteiger partial charge on any atom is -0.506 e. The number of halogens is 4. The van der Waals surface area contributed by atoms with Crippen LogP contribution in [-0.4, -0.2) is 18.2 Å². The molecular weight excluding hydrogens is 335 g/mol. The number of carbonyl (C=O) groups is 1. The maximum absolute atomic E-state index is 12.7. The fourth-order valence-corrected chi connectivity index (χ4v) is 2.05. The van der Waals surface area contributed by atoms with Crippen molar-refractivity contribution in [3.63, 3.8) is 0 Å². The number of alkyl halides is 3. The van der Waals surface area contributed by atoms with Crippen molar-refractivity contribution in [1.29, 1.82) is 0 Å². The van der Waals surface area contributed by atoms with E-state index in [2.05, 4.69) is 10.1 Å². The standard InChI is InChI=1S/C15H11ClF3NO3/c1-23-14(22)8-2-4-11(10(16)6-8)20-12-7-9(15(17,18)19)3-5-13(12)21/h2-7,20-21H,1H3. The molecule has 0 saturated heterocycles. The molecule has 23 heavy (non-hydrogen) atoms. The summed E-state index contributed by atoms with van der Waals surface area (Å²) < 4.78 is 42.7. The molecule has 0 aliphatic rings. The lowest BCUT2D eigenvalue weighted by molar-refractivity contribution is -0.137. The number of methoxy groups -OCH3 is 1. The van der Waals surface area contributed by atoms with Crippen molar-refractivity contribution < 1.29 is 27.8 Å². The molecule has 2 aromatic carbocycles. The highest BCUT2D eigenvalue weighted by molar-refractivity contribution is 6.33. The lowest BCUT2D eigenvalue weighted by Crippen LogP contribution is -2.05. The van der Waals surface area contributed by atoms with Crippen LogP contribution in [0.1, 0.15) is 15.9 Å². The first kappa shape index (κ1) is 17.0. The number of rotatable bonds is 3. The van der Waals surface area contributed by atoms with Crippen LogP contribution in [0.3, 0.4) is 0 Å². The van der Waals surface area contributed by atoms with Crippen molar-refractivity contribution in [2.24, 2.45) is 0 Å². The monoisotopic (exact) mass is 345 g/mol. The van der Waals surface area contributed by atoms with Gasteiger partial charge in [-0.1, -0.05) is 11.6 Å². The van der Waals surface area contributed by atoms with E-state index < -0.39 is 17.7 Å². The smallest absolute Gasteiger partial charge is 0.416 e. The molecule has 2 N–H and O–H groups in total. The third kappa shape index (κ3) is 3.87. The SMILES string of the molecule is COC(=O)c1ccc(Nc2cc(C(F)(F)F)ccc2O)c(Cl)c1. The van der Waals surface area contributed by atoms with E-state index in [-0.39, 0.29) is 27.7 Å². The van der Waals surface area contributed by atoms with E-state index in [0.717, 1.165) is 18.2 Å². The Balaban J connectivity index is 2.34. The van der Waals surface area contributed by atoms with Gasteiger partial charge in [0.2, 0.25) is 0 Å². The van der Waals surface area contributed by atoms with Gasteiger partial charge in [-0.05, 0) is 36.4 Å². The van der Waals surface area contributed by atoms with Gasteiger partial charge in [0.25, 0.3) is 0 Å². The first-order valence-electron chi connectivity index (χ1n) is 6.27. The van der Waals surface area contributed by atoms with E-state index in [9.17, 15) is 23.1 Å². The first-order valence-corrected chi connectivity index (χ1v) is 6.65. The molecule has 8 heteroatoms. The second kappa shape index (κ2) is 6.37. The van der Waals surface area contributed by atoms with Crippen LogP contribution in [0.15, 0.2) is 36.4 Å². The van der Waals surface area contributed by atoms with Crippen molar-refractivity contribution in [2.45, 2.75) is 6.18 Å². The third-order valence-electron chi connectivity index (χ3n) is 2.98. The van der Waals surface area contributed by atoms with Crippen LogP contribution in [0.25, 0.3) is 0 Å². The second-order valence-electron chi connectivity index (χ2n) is 4.54. The van der Waals surface area contributed by atoms with E-state index in [0.29, 0.717) is 0 Å². The Morgan fingerprint density at radius 2 is 1.87 bits per heavy atom. The van der Waals surface area contributed by atoms with Crippen molar-refractivity contribution in [1.82, 2.24) is 0 Å². The van der Waals surface area contributed by atoms with E-state index in [1.54, 1.807) is 0 Å². The summed E-state index contributed by atoms with van der Waals surface area (Å²) >= 11 is 5.99. The predicted octanol–water partition coefficient (Wildman–Crippen LogP) is 4.59. The first-order chi connectivity index (χ1) is 10.7. The van der Waals surface area contributed by atoms with Crippen LogP contribution >= 0.6 is 11.6 Å². The van der Waals surface area contributed by atoms with Gasteiger partial charge in [0.1, 0.15) is 5.75 Å². The highest BCUT2D eigenvalue weighted by atomic mass is 35.5. The average Bonchev–Trinajstić information content (AvgIpc) is 2.49. The average molecular weight is 346 g/mol. The molecule has 4 nitrogen and oxygen atoms in total. The van der Waals surface area contributed by atoms with Crippen LogP contribution in [0.4, 0.5) is 24.5 Å². The summed E-state index contributed by atoms with van der Waals surface area (Å²) in [5, 5.41) is 12.4. The number of anilines is 2. The summed E-state index contributed by atoms with van der Waals surface area (Å²) in [5.74, 6) is -0.966. The van der Waals surface area contributed by atoms with Gasteiger partial charge < -0.3 is 15.2 Å². The minimum atomic E-state index is -4.54. The zero-order valence-corrected chi connectivity index (χ0v) is 12.5. The summed E-state index contributed by atoms with van der Waals surface area (Å²) in [5.41, 5.74) is -0.655. The van der Waals surface area contributed by atoms with Gasteiger partial charge in [-0.2, -0.15) is 13.2 Å². The molecule has 2 rings (SSSR count). The van der Waals surface area contributed by atoms with Gasteiger partial charge in [0.05, 0.1) is 34.6 Å². The van der Waals surface area contributed by atoms with Gasteiger partial charge in [-0.25, -0.2) is 4.79 Å². The highest BCUT2D eigenvalue weighted by Gasteiger charge is 2.31. The Labute approximate surface area is 134 Å². The molecule has 2 aromatic rings. The molecule has 0 unspecified atom stereocenters.